The van der Waals surface area contributed by atoms with Crippen LogP contribution in [0.3, 0.4) is 0 Å². The number of rotatable bonds is 1. The van der Waals surface area contributed by atoms with E-state index in [1.807, 2.05) is 0 Å². The summed E-state index contributed by atoms with van der Waals surface area (Å²) in [6, 6.07) is 0. The molecule has 2 heteroatoms. The zero-order valence-corrected chi connectivity index (χ0v) is 4.44. The van der Waals surface area contributed by atoms with Gasteiger partial charge in [-0.15, -0.1) is 11.4 Å². The molecule has 0 nitrogen and oxygen atoms in total. The average Bonchev–Trinajstić information content (AvgIpc) is 1.65. The fraction of sp³-hybridized carbons (Fsp3) is 0.200. The largest absolute Gasteiger partial charge is 0.138 e. The van der Waals surface area contributed by atoms with Crippen molar-refractivity contribution in [2.24, 2.45) is 0 Å². The van der Waals surface area contributed by atoms with E-state index in [0.29, 0.717) is 5.47 Å². The zero-order valence-electron chi connectivity index (χ0n) is 4.44. The summed E-state index contributed by atoms with van der Waals surface area (Å²) >= 11 is 0. The van der Waals surface area contributed by atoms with Gasteiger partial charge in [0.2, 0.25) is 0 Å². The van der Waals surface area contributed by atoms with Gasteiger partial charge in [-0.2, -0.15) is 0 Å². The third-order valence-corrected chi connectivity index (χ3v) is 0.672. The van der Waals surface area contributed by atoms with Crippen molar-refractivity contribution < 1.29 is 0 Å². The molecule has 0 aliphatic carbocycles. The van der Waals surface area contributed by atoms with Gasteiger partial charge >= 0.3 is 0 Å². The standard InChI is InChI=1S/C5H6B2/c1-4(2)5(7)3-6/h3H,1H2,2H3/b5-3-. The van der Waals surface area contributed by atoms with Crippen molar-refractivity contribution in [2.75, 3.05) is 0 Å². The first-order chi connectivity index (χ1) is 3.18. The molecule has 0 aliphatic heterocycles. The maximum atomic E-state index is 5.25. The van der Waals surface area contributed by atoms with Gasteiger partial charge in [-0.05, 0) is 6.92 Å². The van der Waals surface area contributed by atoms with Crippen LogP contribution in [0.5, 0.6) is 0 Å². The first kappa shape index (κ1) is 6.61. The predicted molar refractivity (Wildman–Crippen MR) is 34.4 cm³/mol. The van der Waals surface area contributed by atoms with Gasteiger partial charge in [0.05, 0.1) is 0 Å². The molecule has 32 valence electrons. The normalized spacial score (nSPS) is 11.3. The Morgan fingerprint density at radius 2 is 2.14 bits per heavy atom. The third kappa shape index (κ3) is 2.32. The molecular weight excluding hydrogens is 81.7 g/mol. The maximum absolute atomic E-state index is 5.25. The minimum atomic E-state index is 0.556. The molecule has 4 radical (unpaired) electrons. The second-order valence-corrected chi connectivity index (χ2v) is 1.40. The molecule has 0 aromatic carbocycles. The Morgan fingerprint density at radius 1 is 1.71 bits per heavy atom. The first-order valence-electron chi connectivity index (χ1n) is 2.01. The Hall–Kier alpha value is -0.390. The SMILES string of the molecule is [B]/C=C(\[B])C(=C)C. The van der Waals surface area contributed by atoms with E-state index in [1.54, 1.807) is 6.92 Å². The van der Waals surface area contributed by atoms with Crippen LogP contribution in [0.4, 0.5) is 0 Å². The van der Waals surface area contributed by atoms with Crippen molar-refractivity contribution in [3.63, 3.8) is 0 Å². The average molecular weight is 87.7 g/mol. The van der Waals surface area contributed by atoms with Crippen molar-refractivity contribution in [3.05, 3.63) is 23.6 Å². The molecule has 0 aromatic heterocycles. The molecular formula is C5H6B2. The van der Waals surface area contributed by atoms with Gasteiger partial charge in [0, 0.05) is 0 Å². The van der Waals surface area contributed by atoms with Gasteiger partial charge in [0.25, 0.3) is 0 Å². The van der Waals surface area contributed by atoms with Crippen molar-refractivity contribution in [2.45, 2.75) is 6.92 Å². The highest BCUT2D eigenvalue weighted by Crippen LogP contribution is 1.97. The summed E-state index contributed by atoms with van der Waals surface area (Å²) in [6.07, 6.45) is 0. The molecule has 0 spiro atoms. The van der Waals surface area contributed by atoms with Gasteiger partial charge < -0.3 is 0 Å². The molecule has 0 saturated heterocycles. The summed E-state index contributed by atoms with van der Waals surface area (Å²) in [6.45, 7) is 5.36. The Balaban J connectivity index is 3.82. The quantitative estimate of drug-likeness (QED) is 0.327. The minimum Gasteiger partial charge on any atom is -0.138 e. The molecule has 7 heavy (non-hydrogen) atoms. The summed E-state index contributed by atoms with van der Waals surface area (Å²) in [5.74, 6) is 1.34. The van der Waals surface area contributed by atoms with Gasteiger partial charge in [0.15, 0.2) is 0 Å². The summed E-state index contributed by atoms with van der Waals surface area (Å²) in [5.41, 5.74) is 1.36. The highest BCUT2D eigenvalue weighted by atomic mass is 13.8. The van der Waals surface area contributed by atoms with E-state index in [0.717, 1.165) is 5.57 Å². The zero-order chi connectivity index (χ0) is 5.86. The second-order valence-electron chi connectivity index (χ2n) is 1.40. The Bertz CT molecular complexity index is 103. The lowest BCUT2D eigenvalue weighted by atomic mass is 9.85. The molecule has 0 bridgehead atoms. The van der Waals surface area contributed by atoms with E-state index < -0.39 is 0 Å². The topological polar surface area (TPSA) is 0 Å². The van der Waals surface area contributed by atoms with E-state index in [-0.39, 0.29) is 0 Å². The van der Waals surface area contributed by atoms with Crippen LogP contribution in [0, 0.1) is 0 Å². The summed E-state index contributed by atoms with van der Waals surface area (Å²) in [4.78, 5) is 0. The van der Waals surface area contributed by atoms with E-state index in [9.17, 15) is 0 Å². The van der Waals surface area contributed by atoms with E-state index in [4.69, 9.17) is 15.7 Å². The molecule has 0 heterocycles. The summed E-state index contributed by atoms with van der Waals surface area (Å²) in [5, 5.41) is 0. The van der Waals surface area contributed by atoms with Crippen LogP contribution in [-0.4, -0.2) is 15.7 Å². The van der Waals surface area contributed by atoms with Gasteiger partial charge in [0.1, 0.15) is 15.7 Å². The molecule has 0 amide bonds. The van der Waals surface area contributed by atoms with Crippen LogP contribution in [0.1, 0.15) is 6.92 Å². The number of hydrogen-bond acceptors (Lipinski definition) is 0. The molecule has 0 atom stereocenters. The third-order valence-electron chi connectivity index (χ3n) is 0.672. The molecule has 0 N–H and O–H groups in total. The summed E-state index contributed by atoms with van der Waals surface area (Å²) in [7, 11) is 10.3. The fourth-order valence-electron chi connectivity index (χ4n) is 0.142. The monoisotopic (exact) mass is 88.1 g/mol. The summed E-state index contributed by atoms with van der Waals surface area (Å²) < 4.78 is 0. The van der Waals surface area contributed by atoms with Crippen LogP contribution in [0.2, 0.25) is 0 Å². The molecule has 0 saturated carbocycles. The van der Waals surface area contributed by atoms with Crippen LogP contribution < -0.4 is 0 Å². The molecule has 0 rings (SSSR count). The van der Waals surface area contributed by atoms with Crippen LogP contribution in [-0.2, 0) is 0 Å². The van der Waals surface area contributed by atoms with Crippen LogP contribution in [0.25, 0.3) is 0 Å². The second kappa shape index (κ2) is 2.73. The Morgan fingerprint density at radius 3 is 2.14 bits per heavy atom. The Labute approximate surface area is 47.1 Å². The van der Waals surface area contributed by atoms with Crippen LogP contribution in [0.15, 0.2) is 23.6 Å². The number of allylic oxidation sites excluding steroid dienone is 2. The van der Waals surface area contributed by atoms with Crippen LogP contribution >= 0.6 is 0 Å². The lowest BCUT2D eigenvalue weighted by molar-refractivity contribution is 1.54. The predicted octanol–water partition coefficient (Wildman–Crippen LogP) is 0.741. The highest BCUT2D eigenvalue weighted by molar-refractivity contribution is 6.30. The van der Waals surface area contributed by atoms with Crippen molar-refractivity contribution >= 4 is 15.7 Å². The van der Waals surface area contributed by atoms with E-state index in [2.05, 4.69) is 6.58 Å². The molecule has 0 fully saturated rings. The lowest BCUT2D eigenvalue weighted by Crippen LogP contribution is -1.80. The fourth-order valence-corrected chi connectivity index (χ4v) is 0.142. The van der Waals surface area contributed by atoms with Crippen molar-refractivity contribution in [1.29, 1.82) is 0 Å². The molecule has 0 aliphatic rings. The lowest BCUT2D eigenvalue weighted by Gasteiger charge is -1.93. The molecule has 0 unspecified atom stereocenters. The highest BCUT2D eigenvalue weighted by Gasteiger charge is 1.80. The van der Waals surface area contributed by atoms with Crippen molar-refractivity contribution in [3.8, 4) is 0 Å². The van der Waals surface area contributed by atoms with Gasteiger partial charge in [-0.1, -0.05) is 12.2 Å². The van der Waals surface area contributed by atoms with Gasteiger partial charge in [-0.25, -0.2) is 0 Å². The Kier molecular flexibility index (Phi) is 2.58. The first-order valence-corrected chi connectivity index (χ1v) is 2.01. The molecule has 0 aromatic rings. The van der Waals surface area contributed by atoms with Crippen molar-refractivity contribution in [1.82, 2.24) is 0 Å². The van der Waals surface area contributed by atoms with E-state index >= 15 is 0 Å². The smallest absolute Gasteiger partial charge is 0.112 e. The van der Waals surface area contributed by atoms with Gasteiger partial charge in [-0.3, -0.25) is 0 Å². The minimum absolute atomic E-state index is 0.556. The maximum Gasteiger partial charge on any atom is 0.112 e. The van der Waals surface area contributed by atoms with E-state index in [1.165, 1.54) is 5.98 Å². The number of hydrogen-bond donors (Lipinski definition) is 0.